The van der Waals surface area contributed by atoms with Crippen molar-refractivity contribution in [1.82, 2.24) is 0 Å². The first-order chi connectivity index (χ1) is 16.6. The highest BCUT2D eigenvalue weighted by molar-refractivity contribution is 5.77. The van der Waals surface area contributed by atoms with E-state index < -0.39 is 40.5 Å². The van der Waals surface area contributed by atoms with Crippen LogP contribution in [0.5, 0.6) is 0 Å². The molecule has 4 N–H and O–H groups in total. The fourth-order valence-electron chi connectivity index (χ4n) is 10.9. The Morgan fingerprint density at radius 3 is 2.31 bits per heavy atom. The van der Waals surface area contributed by atoms with E-state index in [1.807, 2.05) is 20.8 Å². The molecule has 0 aromatic rings. The van der Waals surface area contributed by atoms with E-state index in [-0.39, 0.29) is 34.0 Å². The Labute approximate surface area is 215 Å². The Bertz CT molecular complexity index is 1000. The zero-order chi connectivity index (χ0) is 26.7. The summed E-state index contributed by atoms with van der Waals surface area (Å²) in [6.45, 7) is 12.4. The van der Waals surface area contributed by atoms with Crippen LogP contribution >= 0.6 is 0 Å². The van der Waals surface area contributed by atoms with E-state index >= 15 is 0 Å². The Morgan fingerprint density at radius 2 is 1.69 bits per heavy atom. The molecule has 0 aromatic carbocycles. The summed E-state index contributed by atoms with van der Waals surface area (Å²) >= 11 is 0. The molecule has 5 rings (SSSR count). The van der Waals surface area contributed by atoms with Crippen LogP contribution in [0.1, 0.15) is 92.9 Å². The van der Waals surface area contributed by atoms with Gasteiger partial charge >= 0.3 is 5.97 Å². The van der Waals surface area contributed by atoms with Crippen LogP contribution in [0.2, 0.25) is 0 Å². The molecule has 0 unspecified atom stereocenters. The van der Waals surface area contributed by atoms with Crippen molar-refractivity contribution in [2.75, 3.05) is 0 Å². The van der Waals surface area contributed by atoms with Crippen LogP contribution in [0, 0.1) is 50.7 Å². The molecule has 0 heterocycles. The maximum atomic E-state index is 12.8. The number of carbonyl (C=O) groups is 2. The quantitative estimate of drug-likeness (QED) is 0.330. The first-order valence-corrected chi connectivity index (χ1v) is 14.0. The van der Waals surface area contributed by atoms with E-state index in [1.165, 1.54) is 0 Å². The monoisotopic (exact) mass is 502 g/mol. The summed E-state index contributed by atoms with van der Waals surface area (Å²) in [5, 5.41) is 45.0. The van der Waals surface area contributed by atoms with Gasteiger partial charge in [0.25, 0.3) is 0 Å². The second-order valence-electron chi connectivity index (χ2n) is 14.6. The largest absolute Gasteiger partial charge is 0.481 e. The van der Waals surface area contributed by atoms with E-state index in [0.29, 0.717) is 38.5 Å². The molecular weight excluding hydrogens is 456 g/mol. The predicted molar refractivity (Wildman–Crippen MR) is 136 cm³/mol. The number of aliphatic hydroxyl groups excluding tert-OH is 2. The Hall–Kier alpha value is -1.24. The number of allylic oxidation sites excluding steroid dienone is 1. The van der Waals surface area contributed by atoms with Gasteiger partial charge in [-0.2, -0.15) is 0 Å². The molecule has 5 aliphatic carbocycles. The van der Waals surface area contributed by atoms with Crippen molar-refractivity contribution in [3.05, 3.63) is 11.6 Å². The molecule has 6 nitrogen and oxygen atoms in total. The van der Waals surface area contributed by atoms with Crippen molar-refractivity contribution in [2.24, 2.45) is 50.7 Å². The molecule has 5 aliphatic rings. The van der Waals surface area contributed by atoms with Gasteiger partial charge in [-0.3, -0.25) is 4.79 Å². The van der Waals surface area contributed by atoms with Gasteiger partial charge in [0.2, 0.25) is 0 Å². The molecule has 0 saturated heterocycles. The minimum Gasteiger partial charge on any atom is -0.481 e. The lowest BCUT2D eigenvalue weighted by Crippen LogP contribution is -2.70. The second kappa shape index (κ2) is 7.66. The van der Waals surface area contributed by atoms with Crippen molar-refractivity contribution in [1.29, 1.82) is 0 Å². The lowest BCUT2D eigenvalue weighted by molar-refractivity contribution is -0.243. The third-order valence-corrected chi connectivity index (χ3v) is 13.3. The predicted octanol–water partition coefficient (Wildman–Crippen LogP) is 4.35. The SMILES string of the molecule is C[C@@H]1CC[C@]2(C(=O)O)CC[C@]3(C)C(=CC[C@@H]4[C@@]5(C)CC[C@H](O)[C@](C)(C=O)[C@@H]5[C@H](O)C[C@]43C)[C@@H]2[C@]1(C)O. The van der Waals surface area contributed by atoms with Crippen molar-refractivity contribution in [2.45, 2.75) is 111 Å². The van der Waals surface area contributed by atoms with Crippen LogP contribution in [0.25, 0.3) is 0 Å². The number of carboxylic acids is 1. The average Bonchev–Trinajstić information content (AvgIpc) is 2.79. The molecule has 0 aliphatic heterocycles. The second-order valence-corrected chi connectivity index (χ2v) is 14.6. The number of aliphatic carboxylic acids is 1. The lowest BCUT2D eigenvalue weighted by Gasteiger charge is -2.72. The minimum atomic E-state index is -1.13. The number of hydrogen-bond acceptors (Lipinski definition) is 5. The highest BCUT2D eigenvalue weighted by atomic mass is 16.4. The molecule has 4 fully saturated rings. The molecule has 0 bridgehead atoms. The number of rotatable bonds is 2. The number of carboxylic acid groups (broad SMARTS) is 1. The average molecular weight is 503 g/mol. The third kappa shape index (κ3) is 2.85. The Kier molecular flexibility index (Phi) is 5.61. The molecule has 202 valence electrons. The normalized spacial score (nSPS) is 58.4. The van der Waals surface area contributed by atoms with Gasteiger partial charge in [0.1, 0.15) is 6.29 Å². The molecule has 6 heteroatoms. The standard InChI is InChI=1S/C30H46O6/c1-17-9-12-30(24(34)35)14-13-27(4)18(22(30)29(17,6)36)7-8-20-25(2)11-10-21(33)26(3,16-31)23(25)19(32)15-28(20,27)5/h7,16-17,19-23,32-33,36H,8-15H2,1-6H3,(H,34,35)/t17-,19-,20-,21+,22-,23-,25-,26+,27-,28-,29-,30+/m1/s1. The van der Waals surface area contributed by atoms with Gasteiger partial charge in [-0.25, -0.2) is 0 Å². The summed E-state index contributed by atoms with van der Waals surface area (Å²) in [7, 11) is 0. The lowest BCUT2D eigenvalue weighted by atomic mass is 9.32. The zero-order valence-electron chi connectivity index (χ0n) is 22.9. The van der Waals surface area contributed by atoms with E-state index in [1.54, 1.807) is 0 Å². The Balaban J connectivity index is 1.67. The van der Waals surface area contributed by atoms with Crippen LogP contribution in [-0.2, 0) is 9.59 Å². The molecule has 12 atom stereocenters. The first-order valence-electron chi connectivity index (χ1n) is 14.0. The summed E-state index contributed by atoms with van der Waals surface area (Å²) in [6, 6.07) is 0. The van der Waals surface area contributed by atoms with Crippen molar-refractivity contribution >= 4 is 12.3 Å². The first kappa shape index (κ1) is 26.4. The molecule has 36 heavy (non-hydrogen) atoms. The van der Waals surface area contributed by atoms with Gasteiger partial charge in [-0.05, 0) is 86.4 Å². The highest BCUT2D eigenvalue weighted by Crippen LogP contribution is 2.75. The fourth-order valence-corrected chi connectivity index (χ4v) is 10.9. The summed E-state index contributed by atoms with van der Waals surface area (Å²) in [6.07, 6.45) is 6.66. The van der Waals surface area contributed by atoms with Gasteiger partial charge in [-0.15, -0.1) is 0 Å². The zero-order valence-corrected chi connectivity index (χ0v) is 22.9. The van der Waals surface area contributed by atoms with Crippen LogP contribution in [-0.4, -0.2) is 50.5 Å². The summed E-state index contributed by atoms with van der Waals surface area (Å²) in [4.78, 5) is 25.2. The third-order valence-electron chi connectivity index (χ3n) is 13.3. The topological polar surface area (TPSA) is 115 Å². The van der Waals surface area contributed by atoms with Gasteiger partial charge in [0.15, 0.2) is 0 Å². The van der Waals surface area contributed by atoms with Gasteiger partial charge in [-0.1, -0.05) is 46.3 Å². The van der Waals surface area contributed by atoms with Crippen molar-refractivity contribution in [3.63, 3.8) is 0 Å². The number of hydrogen-bond donors (Lipinski definition) is 4. The van der Waals surface area contributed by atoms with E-state index in [0.717, 1.165) is 24.7 Å². The summed E-state index contributed by atoms with van der Waals surface area (Å²) in [5.74, 6) is -1.41. The maximum Gasteiger partial charge on any atom is 0.310 e. The fraction of sp³-hybridized carbons (Fsp3) is 0.867. The number of fused-ring (bicyclic) bond motifs is 7. The maximum absolute atomic E-state index is 12.8. The Morgan fingerprint density at radius 1 is 1.03 bits per heavy atom. The molecule has 4 saturated carbocycles. The van der Waals surface area contributed by atoms with E-state index in [2.05, 4.69) is 26.8 Å². The van der Waals surface area contributed by atoms with E-state index in [9.17, 15) is 30.0 Å². The molecule has 0 aromatic heterocycles. The van der Waals surface area contributed by atoms with E-state index in [4.69, 9.17) is 0 Å². The van der Waals surface area contributed by atoms with Crippen molar-refractivity contribution in [3.8, 4) is 0 Å². The summed E-state index contributed by atoms with van der Waals surface area (Å²) in [5.41, 5.74) is -3.04. The van der Waals surface area contributed by atoms with Crippen LogP contribution < -0.4 is 0 Å². The number of aldehydes is 1. The molecule has 0 spiro atoms. The van der Waals surface area contributed by atoms with Gasteiger partial charge in [0.05, 0.1) is 28.6 Å². The molecular formula is C30H46O6. The minimum absolute atomic E-state index is 0.00395. The summed E-state index contributed by atoms with van der Waals surface area (Å²) < 4.78 is 0. The molecule has 0 radical (unpaired) electrons. The van der Waals surface area contributed by atoms with Crippen molar-refractivity contribution < 1.29 is 30.0 Å². The highest BCUT2D eigenvalue weighted by Gasteiger charge is 2.73. The van der Waals surface area contributed by atoms with Gasteiger partial charge in [0, 0.05) is 11.8 Å². The number of aliphatic hydroxyl groups is 3. The van der Waals surface area contributed by atoms with Gasteiger partial charge < -0.3 is 25.2 Å². The number of carbonyl (C=O) groups excluding carboxylic acids is 1. The smallest absolute Gasteiger partial charge is 0.310 e. The van der Waals surface area contributed by atoms with Crippen LogP contribution in [0.15, 0.2) is 11.6 Å². The van der Waals surface area contributed by atoms with Crippen LogP contribution in [0.3, 0.4) is 0 Å². The van der Waals surface area contributed by atoms with Crippen LogP contribution in [0.4, 0.5) is 0 Å². The molecule has 0 amide bonds.